The largest absolute Gasteiger partial charge is 0.496 e. The summed E-state index contributed by atoms with van der Waals surface area (Å²) < 4.78 is 9.53. The zero-order valence-corrected chi connectivity index (χ0v) is 9.80. The number of carbonyl (C=O) groups is 2. The van der Waals surface area contributed by atoms with Gasteiger partial charge in [-0.05, 0) is 18.2 Å². The van der Waals surface area contributed by atoms with Crippen LogP contribution in [0.15, 0.2) is 30.3 Å². The molecule has 0 amide bonds. The second-order valence-electron chi connectivity index (χ2n) is 3.29. The summed E-state index contributed by atoms with van der Waals surface area (Å²) in [6, 6.07) is 7.30. The first-order valence-corrected chi connectivity index (χ1v) is 5.08. The number of ketones is 1. The number of carbonyl (C=O) groups excluding carboxylic acids is 2. The average molecular weight is 234 g/mol. The lowest BCUT2D eigenvalue weighted by Crippen LogP contribution is -2.06. The smallest absolute Gasteiger partial charge is 0.313 e. The van der Waals surface area contributed by atoms with Crippen molar-refractivity contribution in [3.63, 3.8) is 0 Å². The number of para-hydroxylation sites is 1. The van der Waals surface area contributed by atoms with E-state index >= 15 is 0 Å². The van der Waals surface area contributed by atoms with Crippen LogP contribution in [0, 0.1) is 0 Å². The number of rotatable bonds is 5. The Balaban J connectivity index is 2.70. The highest BCUT2D eigenvalue weighted by Crippen LogP contribution is 2.18. The van der Waals surface area contributed by atoms with Crippen LogP contribution in [-0.4, -0.2) is 26.0 Å². The molecule has 0 saturated carbocycles. The monoisotopic (exact) mass is 234 g/mol. The van der Waals surface area contributed by atoms with Gasteiger partial charge in [0.05, 0.1) is 14.2 Å². The van der Waals surface area contributed by atoms with E-state index in [1.54, 1.807) is 19.3 Å². The van der Waals surface area contributed by atoms with E-state index < -0.39 is 5.97 Å². The molecule has 1 aromatic carbocycles. The van der Waals surface area contributed by atoms with Gasteiger partial charge in [-0.3, -0.25) is 9.59 Å². The Morgan fingerprint density at radius 1 is 1.24 bits per heavy atom. The van der Waals surface area contributed by atoms with Crippen LogP contribution in [0.25, 0.3) is 6.08 Å². The molecule has 1 aromatic rings. The summed E-state index contributed by atoms with van der Waals surface area (Å²) in [6.45, 7) is 0. The minimum Gasteiger partial charge on any atom is -0.496 e. The van der Waals surface area contributed by atoms with Gasteiger partial charge in [-0.2, -0.15) is 0 Å². The standard InChI is InChI=1S/C13H14O4/c1-16-12-6-4-3-5-10(12)7-8-11(14)9-13(15)17-2/h3-8H,9H2,1-2H3. The molecule has 0 saturated heterocycles. The summed E-state index contributed by atoms with van der Waals surface area (Å²) in [7, 11) is 2.81. The van der Waals surface area contributed by atoms with Crippen molar-refractivity contribution >= 4 is 17.8 Å². The Morgan fingerprint density at radius 3 is 2.59 bits per heavy atom. The lowest BCUT2D eigenvalue weighted by atomic mass is 10.1. The van der Waals surface area contributed by atoms with Gasteiger partial charge in [0.2, 0.25) is 0 Å². The maximum absolute atomic E-state index is 11.4. The predicted molar refractivity (Wildman–Crippen MR) is 63.7 cm³/mol. The molecular formula is C13H14O4. The Hall–Kier alpha value is -2.10. The minimum absolute atomic E-state index is 0.248. The van der Waals surface area contributed by atoms with Crippen molar-refractivity contribution in [3.8, 4) is 5.75 Å². The first-order chi connectivity index (χ1) is 8.17. The number of ether oxygens (including phenoxy) is 2. The summed E-state index contributed by atoms with van der Waals surface area (Å²) >= 11 is 0. The van der Waals surface area contributed by atoms with E-state index in [4.69, 9.17) is 4.74 Å². The van der Waals surface area contributed by atoms with Crippen molar-refractivity contribution in [2.24, 2.45) is 0 Å². The molecule has 0 spiro atoms. The van der Waals surface area contributed by atoms with E-state index in [0.717, 1.165) is 5.56 Å². The number of esters is 1. The van der Waals surface area contributed by atoms with E-state index in [0.29, 0.717) is 5.75 Å². The lowest BCUT2D eigenvalue weighted by molar-refractivity contribution is -0.142. The van der Waals surface area contributed by atoms with Crippen molar-refractivity contribution in [1.82, 2.24) is 0 Å². The summed E-state index contributed by atoms with van der Waals surface area (Å²) in [5, 5.41) is 0. The van der Waals surface area contributed by atoms with Crippen LogP contribution in [0.4, 0.5) is 0 Å². The number of hydrogen-bond acceptors (Lipinski definition) is 4. The maximum Gasteiger partial charge on any atom is 0.313 e. The molecule has 0 aliphatic heterocycles. The van der Waals surface area contributed by atoms with Crippen molar-refractivity contribution < 1.29 is 19.1 Å². The normalized spacial score (nSPS) is 10.2. The highest BCUT2D eigenvalue weighted by Gasteiger charge is 2.06. The SMILES string of the molecule is COC(=O)CC(=O)C=Cc1ccccc1OC. The molecule has 0 aromatic heterocycles. The second kappa shape index (κ2) is 6.48. The lowest BCUT2D eigenvalue weighted by Gasteiger charge is -2.02. The van der Waals surface area contributed by atoms with Gasteiger partial charge < -0.3 is 9.47 Å². The summed E-state index contributed by atoms with van der Waals surface area (Å²) in [6.07, 6.45) is 2.71. The van der Waals surface area contributed by atoms with Crippen molar-refractivity contribution in [1.29, 1.82) is 0 Å². The fourth-order valence-corrected chi connectivity index (χ4v) is 1.26. The zero-order chi connectivity index (χ0) is 12.7. The van der Waals surface area contributed by atoms with Gasteiger partial charge in [0.1, 0.15) is 12.2 Å². The minimum atomic E-state index is -0.542. The molecule has 1 rings (SSSR count). The van der Waals surface area contributed by atoms with Gasteiger partial charge in [-0.25, -0.2) is 0 Å². The van der Waals surface area contributed by atoms with E-state index in [2.05, 4.69) is 4.74 Å². The van der Waals surface area contributed by atoms with Crippen LogP contribution in [0.3, 0.4) is 0 Å². The van der Waals surface area contributed by atoms with E-state index in [-0.39, 0.29) is 12.2 Å². The number of allylic oxidation sites excluding steroid dienone is 1. The quantitative estimate of drug-likeness (QED) is 0.443. The van der Waals surface area contributed by atoms with Gasteiger partial charge in [-0.15, -0.1) is 0 Å². The van der Waals surface area contributed by atoms with E-state index in [1.807, 2.05) is 18.2 Å². The highest BCUT2D eigenvalue weighted by molar-refractivity contribution is 6.04. The molecular weight excluding hydrogens is 220 g/mol. The third kappa shape index (κ3) is 4.10. The van der Waals surface area contributed by atoms with Gasteiger partial charge in [-0.1, -0.05) is 18.2 Å². The van der Waals surface area contributed by atoms with E-state index in [9.17, 15) is 9.59 Å². The fraction of sp³-hybridized carbons (Fsp3) is 0.231. The Kier molecular flexibility index (Phi) is 4.94. The number of methoxy groups -OCH3 is 2. The Bertz CT molecular complexity index is 435. The molecule has 0 aliphatic carbocycles. The molecule has 0 heterocycles. The summed E-state index contributed by atoms with van der Waals surface area (Å²) in [5.74, 6) is -0.169. The number of hydrogen-bond donors (Lipinski definition) is 0. The van der Waals surface area contributed by atoms with Crippen molar-refractivity contribution in [2.75, 3.05) is 14.2 Å². The maximum atomic E-state index is 11.4. The number of benzene rings is 1. The molecule has 0 aliphatic rings. The molecule has 17 heavy (non-hydrogen) atoms. The first-order valence-electron chi connectivity index (χ1n) is 5.08. The van der Waals surface area contributed by atoms with Crippen LogP contribution in [0.5, 0.6) is 5.75 Å². The van der Waals surface area contributed by atoms with Crippen LogP contribution in [-0.2, 0) is 14.3 Å². The van der Waals surface area contributed by atoms with Gasteiger partial charge in [0.15, 0.2) is 5.78 Å². The second-order valence-corrected chi connectivity index (χ2v) is 3.29. The molecule has 4 heteroatoms. The Labute approximate surface area is 99.8 Å². The molecule has 0 atom stereocenters. The molecule has 0 unspecified atom stereocenters. The van der Waals surface area contributed by atoms with Gasteiger partial charge in [0, 0.05) is 5.56 Å². The molecule has 0 fully saturated rings. The molecule has 0 bridgehead atoms. The van der Waals surface area contributed by atoms with Crippen LogP contribution in [0.2, 0.25) is 0 Å². The van der Waals surface area contributed by atoms with Gasteiger partial charge >= 0.3 is 5.97 Å². The highest BCUT2D eigenvalue weighted by atomic mass is 16.5. The van der Waals surface area contributed by atoms with Crippen molar-refractivity contribution in [2.45, 2.75) is 6.42 Å². The molecule has 90 valence electrons. The van der Waals surface area contributed by atoms with Crippen LogP contribution in [0.1, 0.15) is 12.0 Å². The zero-order valence-electron chi connectivity index (χ0n) is 9.80. The summed E-state index contributed by atoms with van der Waals surface area (Å²) in [4.78, 5) is 22.2. The molecule has 0 radical (unpaired) electrons. The first kappa shape index (κ1) is 13.0. The summed E-state index contributed by atoms with van der Waals surface area (Å²) in [5.41, 5.74) is 0.785. The van der Waals surface area contributed by atoms with Crippen LogP contribution < -0.4 is 4.74 Å². The van der Waals surface area contributed by atoms with E-state index in [1.165, 1.54) is 13.2 Å². The molecule has 4 nitrogen and oxygen atoms in total. The fourth-order valence-electron chi connectivity index (χ4n) is 1.26. The van der Waals surface area contributed by atoms with Crippen molar-refractivity contribution in [3.05, 3.63) is 35.9 Å². The molecule has 0 N–H and O–H groups in total. The van der Waals surface area contributed by atoms with Gasteiger partial charge in [0.25, 0.3) is 0 Å². The Morgan fingerprint density at radius 2 is 1.94 bits per heavy atom. The predicted octanol–water partition coefficient (Wildman–Crippen LogP) is 1.84. The average Bonchev–Trinajstić information content (AvgIpc) is 2.36. The topological polar surface area (TPSA) is 52.6 Å². The third-order valence-electron chi connectivity index (χ3n) is 2.13. The van der Waals surface area contributed by atoms with Crippen LogP contribution >= 0.6 is 0 Å². The third-order valence-corrected chi connectivity index (χ3v) is 2.13.